The molecule has 3 N–H and O–H groups in total. The number of aliphatic hydroxyl groups is 1. The Hall–Kier alpha value is -1.10. The molecule has 0 bridgehead atoms. The molecule has 4 nitrogen and oxygen atoms in total. The van der Waals surface area contributed by atoms with E-state index in [0.717, 1.165) is 18.6 Å². The van der Waals surface area contributed by atoms with Crippen LogP contribution in [-0.4, -0.2) is 31.0 Å². The van der Waals surface area contributed by atoms with Crippen molar-refractivity contribution in [3.63, 3.8) is 0 Å². The highest BCUT2D eigenvalue weighted by molar-refractivity contribution is 5.47. The molecule has 1 aromatic rings. The first kappa shape index (κ1) is 11.4. The third kappa shape index (κ3) is 2.72. The molecule has 2 unspecified atom stereocenters. The second-order valence-corrected chi connectivity index (χ2v) is 3.96. The minimum atomic E-state index is -0.665. The Morgan fingerprint density at radius 3 is 3.00 bits per heavy atom. The Balaban J connectivity index is 1.87. The smallest absolute Gasteiger partial charge is 0.104 e. The second kappa shape index (κ2) is 5.30. The van der Waals surface area contributed by atoms with Crippen LogP contribution in [-0.2, 0) is 9.47 Å². The van der Waals surface area contributed by atoms with Crippen LogP contribution in [0, 0.1) is 0 Å². The maximum absolute atomic E-state index is 9.92. The van der Waals surface area contributed by atoms with Gasteiger partial charge in [0.1, 0.15) is 6.10 Å². The zero-order valence-corrected chi connectivity index (χ0v) is 9.13. The van der Waals surface area contributed by atoms with Gasteiger partial charge in [-0.25, -0.2) is 0 Å². The molecule has 16 heavy (non-hydrogen) atoms. The van der Waals surface area contributed by atoms with Gasteiger partial charge in [-0.15, -0.1) is 0 Å². The SMILES string of the molecule is Nc1ccccc1C(O)COC1CCOC1. The molecule has 4 heteroatoms. The van der Waals surface area contributed by atoms with E-state index in [-0.39, 0.29) is 12.7 Å². The van der Waals surface area contributed by atoms with E-state index in [2.05, 4.69) is 0 Å². The Labute approximate surface area is 95.0 Å². The van der Waals surface area contributed by atoms with Gasteiger partial charge in [0.15, 0.2) is 0 Å². The molecule has 0 aromatic heterocycles. The number of hydrogen-bond donors (Lipinski definition) is 2. The van der Waals surface area contributed by atoms with Gasteiger partial charge in [-0.3, -0.25) is 0 Å². The average Bonchev–Trinajstić information content (AvgIpc) is 2.79. The van der Waals surface area contributed by atoms with Crippen LogP contribution >= 0.6 is 0 Å². The van der Waals surface area contributed by atoms with Crippen LogP contribution in [0.2, 0.25) is 0 Å². The van der Waals surface area contributed by atoms with Crippen LogP contribution in [0.1, 0.15) is 18.1 Å². The van der Waals surface area contributed by atoms with E-state index in [4.69, 9.17) is 15.2 Å². The Kier molecular flexibility index (Phi) is 3.77. The van der Waals surface area contributed by atoms with E-state index in [0.29, 0.717) is 12.3 Å². The topological polar surface area (TPSA) is 64.7 Å². The fraction of sp³-hybridized carbons (Fsp3) is 0.500. The van der Waals surface area contributed by atoms with Crippen LogP contribution in [0.25, 0.3) is 0 Å². The number of anilines is 1. The molecule has 1 fully saturated rings. The van der Waals surface area contributed by atoms with E-state index in [1.807, 2.05) is 18.2 Å². The van der Waals surface area contributed by atoms with Gasteiger partial charge in [0, 0.05) is 17.9 Å². The Morgan fingerprint density at radius 1 is 1.50 bits per heavy atom. The fourth-order valence-corrected chi connectivity index (χ4v) is 1.78. The number of rotatable bonds is 4. The number of aliphatic hydroxyl groups excluding tert-OH is 1. The lowest BCUT2D eigenvalue weighted by Gasteiger charge is -2.16. The summed E-state index contributed by atoms with van der Waals surface area (Å²) in [5.74, 6) is 0. The molecule has 1 aliphatic rings. The van der Waals surface area contributed by atoms with Gasteiger partial charge >= 0.3 is 0 Å². The van der Waals surface area contributed by atoms with Gasteiger partial charge in [-0.2, -0.15) is 0 Å². The number of nitrogens with two attached hydrogens (primary N) is 1. The zero-order chi connectivity index (χ0) is 11.4. The third-order valence-electron chi connectivity index (χ3n) is 2.73. The van der Waals surface area contributed by atoms with E-state index in [9.17, 15) is 5.11 Å². The summed E-state index contributed by atoms with van der Waals surface area (Å²) in [4.78, 5) is 0. The van der Waals surface area contributed by atoms with Crippen molar-refractivity contribution in [2.24, 2.45) is 0 Å². The quantitative estimate of drug-likeness (QED) is 0.750. The number of ether oxygens (including phenoxy) is 2. The molecule has 88 valence electrons. The zero-order valence-electron chi connectivity index (χ0n) is 9.13. The van der Waals surface area contributed by atoms with Gasteiger partial charge in [0.05, 0.1) is 19.3 Å². The fourth-order valence-electron chi connectivity index (χ4n) is 1.78. The molecule has 0 saturated carbocycles. The van der Waals surface area contributed by atoms with Gasteiger partial charge in [0.2, 0.25) is 0 Å². The molecule has 1 saturated heterocycles. The lowest BCUT2D eigenvalue weighted by Crippen LogP contribution is -2.18. The molecule has 1 aromatic carbocycles. The lowest BCUT2D eigenvalue weighted by atomic mass is 10.1. The van der Waals surface area contributed by atoms with Gasteiger partial charge < -0.3 is 20.3 Å². The van der Waals surface area contributed by atoms with Crippen molar-refractivity contribution in [1.82, 2.24) is 0 Å². The summed E-state index contributed by atoms with van der Waals surface area (Å²) >= 11 is 0. The Morgan fingerprint density at radius 2 is 2.31 bits per heavy atom. The average molecular weight is 223 g/mol. The van der Waals surface area contributed by atoms with Crippen molar-refractivity contribution in [3.8, 4) is 0 Å². The summed E-state index contributed by atoms with van der Waals surface area (Å²) in [6.45, 7) is 1.63. The van der Waals surface area contributed by atoms with Crippen molar-refractivity contribution in [2.45, 2.75) is 18.6 Å². The largest absolute Gasteiger partial charge is 0.398 e. The van der Waals surface area contributed by atoms with Gasteiger partial charge in [0.25, 0.3) is 0 Å². The summed E-state index contributed by atoms with van der Waals surface area (Å²) in [5, 5.41) is 9.92. The lowest BCUT2D eigenvalue weighted by molar-refractivity contribution is -0.0129. The number of hydrogen-bond acceptors (Lipinski definition) is 4. The normalized spacial score (nSPS) is 22.2. The molecule has 0 aliphatic carbocycles. The van der Waals surface area contributed by atoms with Crippen molar-refractivity contribution >= 4 is 5.69 Å². The van der Waals surface area contributed by atoms with Crippen molar-refractivity contribution < 1.29 is 14.6 Å². The molecular formula is C12H17NO3. The van der Waals surface area contributed by atoms with E-state index >= 15 is 0 Å². The van der Waals surface area contributed by atoms with Crippen molar-refractivity contribution in [2.75, 3.05) is 25.6 Å². The number of benzene rings is 1. The van der Waals surface area contributed by atoms with Gasteiger partial charge in [-0.1, -0.05) is 18.2 Å². The molecule has 1 heterocycles. The van der Waals surface area contributed by atoms with Crippen LogP contribution < -0.4 is 5.73 Å². The summed E-state index contributed by atoms with van der Waals surface area (Å²) in [5.41, 5.74) is 7.09. The minimum absolute atomic E-state index is 0.111. The molecule has 1 aliphatic heterocycles. The van der Waals surface area contributed by atoms with E-state index in [1.165, 1.54) is 0 Å². The molecule has 2 atom stereocenters. The highest BCUT2D eigenvalue weighted by atomic mass is 16.5. The molecular weight excluding hydrogens is 206 g/mol. The summed E-state index contributed by atoms with van der Waals surface area (Å²) < 4.78 is 10.7. The molecule has 0 radical (unpaired) electrons. The maximum Gasteiger partial charge on any atom is 0.104 e. The highest BCUT2D eigenvalue weighted by Crippen LogP contribution is 2.21. The van der Waals surface area contributed by atoms with Crippen LogP contribution in [0.15, 0.2) is 24.3 Å². The molecule has 2 rings (SSSR count). The number of para-hydroxylation sites is 1. The number of nitrogen functional groups attached to an aromatic ring is 1. The Bertz CT molecular complexity index is 337. The second-order valence-electron chi connectivity index (χ2n) is 3.96. The minimum Gasteiger partial charge on any atom is -0.398 e. The van der Waals surface area contributed by atoms with E-state index in [1.54, 1.807) is 6.07 Å². The molecule has 0 amide bonds. The summed E-state index contributed by atoms with van der Waals surface area (Å²) in [7, 11) is 0. The van der Waals surface area contributed by atoms with Crippen LogP contribution in [0.3, 0.4) is 0 Å². The first-order valence-electron chi connectivity index (χ1n) is 5.49. The predicted octanol–water partition coefficient (Wildman–Crippen LogP) is 1.11. The van der Waals surface area contributed by atoms with Gasteiger partial charge in [-0.05, 0) is 12.5 Å². The van der Waals surface area contributed by atoms with Crippen molar-refractivity contribution in [1.29, 1.82) is 0 Å². The van der Waals surface area contributed by atoms with Crippen LogP contribution in [0.5, 0.6) is 0 Å². The maximum atomic E-state index is 9.92. The first-order valence-corrected chi connectivity index (χ1v) is 5.49. The summed E-state index contributed by atoms with van der Waals surface area (Å²) in [6.07, 6.45) is 0.346. The third-order valence-corrected chi connectivity index (χ3v) is 2.73. The summed E-state index contributed by atoms with van der Waals surface area (Å²) in [6, 6.07) is 7.29. The predicted molar refractivity (Wildman–Crippen MR) is 61.0 cm³/mol. The highest BCUT2D eigenvalue weighted by Gasteiger charge is 2.18. The van der Waals surface area contributed by atoms with Crippen LogP contribution in [0.4, 0.5) is 5.69 Å². The standard InChI is InChI=1S/C12H17NO3/c13-11-4-2-1-3-10(11)12(14)8-16-9-5-6-15-7-9/h1-4,9,12,14H,5-8,13H2. The monoisotopic (exact) mass is 223 g/mol. The molecule has 0 spiro atoms. The van der Waals surface area contributed by atoms with Crippen molar-refractivity contribution in [3.05, 3.63) is 29.8 Å². The van der Waals surface area contributed by atoms with E-state index < -0.39 is 6.10 Å². The first-order chi connectivity index (χ1) is 7.77.